The summed E-state index contributed by atoms with van der Waals surface area (Å²) in [5.74, 6) is 0.0456. The van der Waals surface area contributed by atoms with Crippen LogP contribution in [0.3, 0.4) is 0 Å². The molecule has 5 heteroatoms. The molecule has 0 saturated carbocycles. The Kier molecular flexibility index (Phi) is 3.85. The third-order valence-electron chi connectivity index (χ3n) is 2.77. The summed E-state index contributed by atoms with van der Waals surface area (Å²) in [6.45, 7) is 2.40. The van der Waals surface area contributed by atoms with Gasteiger partial charge in [-0.15, -0.1) is 0 Å². The second kappa shape index (κ2) is 5.56. The Balaban J connectivity index is 2.13. The zero-order chi connectivity index (χ0) is 13.8. The minimum atomic E-state index is -0.404. The quantitative estimate of drug-likeness (QED) is 0.831. The Morgan fingerprint density at radius 1 is 1.37 bits per heavy atom. The third kappa shape index (κ3) is 3.13. The van der Waals surface area contributed by atoms with Crippen LogP contribution < -0.4 is 15.8 Å². The van der Waals surface area contributed by atoms with Crippen molar-refractivity contribution in [2.75, 3.05) is 18.2 Å². The minimum Gasteiger partial charge on any atom is -0.495 e. The average molecular weight is 261 g/mol. The number of pyridine rings is 1. The Morgan fingerprint density at radius 3 is 2.79 bits per heavy atom. The highest BCUT2D eigenvalue weighted by molar-refractivity contribution is 5.62. The molecule has 2 aromatic rings. The Hall–Kier alpha value is -2.30. The van der Waals surface area contributed by atoms with Gasteiger partial charge in [-0.2, -0.15) is 0 Å². The normalized spacial score (nSPS) is 10.3. The molecule has 2 rings (SSSR count). The molecule has 0 aliphatic carbocycles. The van der Waals surface area contributed by atoms with Crippen LogP contribution >= 0.6 is 0 Å². The zero-order valence-corrected chi connectivity index (χ0v) is 10.9. The number of nitrogen functional groups attached to an aromatic ring is 1. The predicted molar refractivity (Wildman–Crippen MR) is 73.7 cm³/mol. The molecular formula is C14H16FN3O. The van der Waals surface area contributed by atoms with Crippen molar-refractivity contribution in [3.05, 3.63) is 47.5 Å². The first-order chi connectivity index (χ1) is 9.10. The molecule has 3 N–H and O–H groups in total. The summed E-state index contributed by atoms with van der Waals surface area (Å²) in [6.07, 6.45) is 1.76. The van der Waals surface area contributed by atoms with Crippen molar-refractivity contribution in [3.63, 3.8) is 0 Å². The van der Waals surface area contributed by atoms with E-state index in [9.17, 15) is 4.39 Å². The molecule has 0 aliphatic heterocycles. The summed E-state index contributed by atoms with van der Waals surface area (Å²) < 4.78 is 18.8. The third-order valence-corrected chi connectivity index (χ3v) is 2.77. The maximum Gasteiger partial charge on any atom is 0.148 e. The Labute approximate surface area is 111 Å². The van der Waals surface area contributed by atoms with E-state index in [2.05, 4.69) is 10.3 Å². The van der Waals surface area contributed by atoms with E-state index in [4.69, 9.17) is 10.5 Å². The summed E-state index contributed by atoms with van der Waals surface area (Å²) in [5.41, 5.74) is 8.18. The van der Waals surface area contributed by atoms with Crippen LogP contribution in [-0.2, 0) is 6.54 Å². The van der Waals surface area contributed by atoms with Gasteiger partial charge in [0.05, 0.1) is 18.5 Å². The van der Waals surface area contributed by atoms with E-state index < -0.39 is 5.82 Å². The van der Waals surface area contributed by atoms with Gasteiger partial charge < -0.3 is 15.8 Å². The van der Waals surface area contributed by atoms with Crippen molar-refractivity contribution in [2.24, 2.45) is 0 Å². The molecule has 0 unspecified atom stereocenters. The summed E-state index contributed by atoms with van der Waals surface area (Å²) in [7, 11) is 1.50. The molecule has 0 amide bonds. The lowest BCUT2D eigenvalue weighted by molar-refractivity contribution is 0.416. The standard InChI is InChI=1S/C14H16FN3O/c1-9-3-4-10(7-17-9)8-18-13-6-14(19-2)12(16)5-11(13)15/h3-7,18H,8,16H2,1-2H3. The number of nitrogens with one attached hydrogen (secondary N) is 1. The van der Waals surface area contributed by atoms with Gasteiger partial charge in [0.25, 0.3) is 0 Å². The van der Waals surface area contributed by atoms with Gasteiger partial charge in [-0.3, -0.25) is 4.98 Å². The summed E-state index contributed by atoms with van der Waals surface area (Å²) in [4.78, 5) is 4.18. The molecule has 4 nitrogen and oxygen atoms in total. The smallest absolute Gasteiger partial charge is 0.148 e. The van der Waals surface area contributed by atoms with Crippen LogP contribution in [0.4, 0.5) is 15.8 Å². The number of nitrogens with zero attached hydrogens (tertiary/aromatic N) is 1. The first-order valence-corrected chi connectivity index (χ1v) is 5.88. The molecule has 0 aliphatic rings. The van der Waals surface area contributed by atoms with E-state index in [1.807, 2.05) is 19.1 Å². The van der Waals surface area contributed by atoms with Gasteiger partial charge in [-0.1, -0.05) is 6.07 Å². The zero-order valence-electron chi connectivity index (χ0n) is 10.9. The number of aromatic nitrogens is 1. The number of halogens is 1. The fraction of sp³-hybridized carbons (Fsp3) is 0.214. The molecule has 1 heterocycles. The highest BCUT2D eigenvalue weighted by Gasteiger charge is 2.08. The van der Waals surface area contributed by atoms with Gasteiger partial charge in [-0.25, -0.2) is 4.39 Å². The number of methoxy groups -OCH3 is 1. The SMILES string of the molecule is COc1cc(NCc2ccc(C)nc2)c(F)cc1N. The molecular weight excluding hydrogens is 245 g/mol. The van der Waals surface area contributed by atoms with Crippen LogP contribution in [0.25, 0.3) is 0 Å². The molecule has 0 fully saturated rings. The van der Waals surface area contributed by atoms with E-state index in [1.54, 1.807) is 12.3 Å². The van der Waals surface area contributed by atoms with Gasteiger partial charge in [0, 0.05) is 30.6 Å². The lowest BCUT2D eigenvalue weighted by atomic mass is 10.2. The van der Waals surface area contributed by atoms with Crippen molar-refractivity contribution in [1.82, 2.24) is 4.98 Å². The predicted octanol–water partition coefficient (Wildman–Crippen LogP) is 2.73. The van der Waals surface area contributed by atoms with E-state index in [0.717, 1.165) is 11.3 Å². The van der Waals surface area contributed by atoms with Gasteiger partial charge in [0.15, 0.2) is 0 Å². The molecule has 19 heavy (non-hydrogen) atoms. The number of nitrogens with two attached hydrogens (primary N) is 1. The largest absolute Gasteiger partial charge is 0.495 e. The Bertz CT molecular complexity index is 570. The topological polar surface area (TPSA) is 60.2 Å². The van der Waals surface area contributed by atoms with Crippen molar-refractivity contribution < 1.29 is 9.13 Å². The van der Waals surface area contributed by atoms with Gasteiger partial charge in [-0.05, 0) is 18.6 Å². The fourth-order valence-corrected chi connectivity index (χ4v) is 1.68. The van der Waals surface area contributed by atoms with Gasteiger partial charge in [0.2, 0.25) is 0 Å². The number of aryl methyl sites for hydroxylation is 1. The molecule has 1 aromatic heterocycles. The Morgan fingerprint density at radius 2 is 2.16 bits per heavy atom. The first-order valence-electron chi connectivity index (χ1n) is 5.88. The van der Waals surface area contributed by atoms with Crippen LogP contribution in [0.15, 0.2) is 30.5 Å². The number of ether oxygens (including phenoxy) is 1. The van der Waals surface area contributed by atoms with E-state index in [1.165, 1.54) is 13.2 Å². The average Bonchev–Trinajstić information content (AvgIpc) is 2.40. The second-order valence-corrected chi connectivity index (χ2v) is 4.24. The summed E-state index contributed by atoms with van der Waals surface area (Å²) in [6, 6.07) is 6.65. The van der Waals surface area contributed by atoms with E-state index in [-0.39, 0.29) is 5.69 Å². The number of hydrogen-bond acceptors (Lipinski definition) is 4. The minimum absolute atomic E-state index is 0.280. The number of hydrogen-bond donors (Lipinski definition) is 2. The van der Waals surface area contributed by atoms with E-state index in [0.29, 0.717) is 18.0 Å². The van der Waals surface area contributed by atoms with Crippen LogP contribution in [0.1, 0.15) is 11.3 Å². The van der Waals surface area contributed by atoms with Crippen molar-refractivity contribution in [2.45, 2.75) is 13.5 Å². The number of benzene rings is 1. The van der Waals surface area contributed by atoms with Crippen molar-refractivity contribution in [1.29, 1.82) is 0 Å². The van der Waals surface area contributed by atoms with Gasteiger partial charge in [0.1, 0.15) is 11.6 Å². The van der Waals surface area contributed by atoms with Crippen LogP contribution in [-0.4, -0.2) is 12.1 Å². The highest BCUT2D eigenvalue weighted by Crippen LogP contribution is 2.28. The van der Waals surface area contributed by atoms with E-state index >= 15 is 0 Å². The molecule has 0 atom stereocenters. The first kappa shape index (κ1) is 13.1. The number of anilines is 2. The monoisotopic (exact) mass is 261 g/mol. The molecule has 0 saturated heterocycles. The highest BCUT2D eigenvalue weighted by atomic mass is 19.1. The maximum absolute atomic E-state index is 13.7. The van der Waals surface area contributed by atoms with Crippen LogP contribution in [0.5, 0.6) is 5.75 Å². The van der Waals surface area contributed by atoms with Crippen LogP contribution in [0, 0.1) is 12.7 Å². The molecule has 0 bridgehead atoms. The molecule has 100 valence electrons. The van der Waals surface area contributed by atoms with Gasteiger partial charge >= 0.3 is 0 Å². The maximum atomic E-state index is 13.7. The molecule has 0 spiro atoms. The fourth-order valence-electron chi connectivity index (χ4n) is 1.68. The van der Waals surface area contributed by atoms with Crippen molar-refractivity contribution >= 4 is 11.4 Å². The lowest BCUT2D eigenvalue weighted by Crippen LogP contribution is -2.04. The summed E-state index contributed by atoms with van der Waals surface area (Å²) >= 11 is 0. The second-order valence-electron chi connectivity index (χ2n) is 4.24. The molecule has 0 radical (unpaired) electrons. The van der Waals surface area contributed by atoms with Crippen LogP contribution in [0.2, 0.25) is 0 Å². The number of rotatable bonds is 4. The van der Waals surface area contributed by atoms with Crippen molar-refractivity contribution in [3.8, 4) is 5.75 Å². The lowest BCUT2D eigenvalue weighted by Gasteiger charge is -2.11. The molecule has 1 aromatic carbocycles. The summed E-state index contributed by atoms with van der Waals surface area (Å²) in [5, 5.41) is 3.00.